The molecule has 5 heteroatoms. The zero-order chi connectivity index (χ0) is 17.2. The van der Waals surface area contributed by atoms with Gasteiger partial charge in [0.2, 0.25) is 10.0 Å². The van der Waals surface area contributed by atoms with Crippen molar-refractivity contribution in [2.24, 2.45) is 5.92 Å². The number of aryl methyl sites for hydroxylation is 1. The van der Waals surface area contributed by atoms with Gasteiger partial charge in [-0.1, -0.05) is 48.0 Å². The summed E-state index contributed by atoms with van der Waals surface area (Å²) in [6.45, 7) is 2.22. The van der Waals surface area contributed by atoms with Crippen LogP contribution in [0, 0.1) is 12.8 Å². The minimum atomic E-state index is -3.64. The molecule has 0 radical (unpaired) electrons. The summed E-state index contributed by atoms with van der Waals surface area (Å²) in [4.78, 5) is 0.237. The van der Waals surface area contributed by atoms with Gasteiger partial charge in [0.1, 0.15) is 6.17 Å². The molecule has 0 spiro atoms. The highest BCUT2D eigenvalue weighted by Crippen LogP contribution is 2.27. The van der Waals surface area contributed by atoms with Gasteiger partial charge in [0, 0.05) is 13.1 Å². The average molecular weight is 347 g/mol. The number of hydrogen-bond acceptors (Lipinski definition) is 2. The van der Waals surface area contributed by atoms with Gasteiger partial charge in [0.15, 0.2) is 0 Å². The first-order valence-electron chi connectivity index (χ1n) is 8.20. The number of sulfonamides is 1. The lowest BCUT2D eigenvalue weighted by Gasteiger charge is -2.34. The van der Waals surface area contributed by atoms with Crippen LogP contribution in [0.25, 0.3) is 0 Å². The Labute approximate surface area is 143 Å². The molecule has 1 heterocycles. The van der Waals surface area contributed by atoms with Crippen molar-refractivity contribution >= 4 is 10.0 Å². The minimum absolute atomic E-state index is 0.00336. The molecule has 2 aromatic rings. The summed E-state index contributed by atoms with van der Waals surface area (Å²) >= 11 is 0. The second-order valence-corrected chi connectivity index (χ2v) is 8.46. The highest BCUT2D eigenvalue weighted by Gasteiger charge is 2.34. The van der Waals surface area contributed by atoms with Crippen molar-refractivity contribution < 1.29 is 12.8 Å². The van der Waals surface area contributed by atoms with E-state index in [4.69, 9.17) is 0 Å². The molecule has 24 heavy (non-hydrogen) atoms. The zero-order valence-corrected chi connectivity index (χ0v) is 14.5. The van der Waals surface area contributed by atoms with Crippen LogP contribution in [0.2, 0.25) is 0 Å². The van der Waals surface area contributed by atoms with Crippen molar-refractivity contribution in [3.05, 3.63) is 65.7 Å². The molecule has 1 aliphatic rings. The Morgan fingerprint density at radius 3 is 2.38 bits per heavy atom. The van der Waals surface area contributed by atoms with E-state index < -0.39 is 16.2 Å². The van der Waals surface area contributed by atoms with Crippen LogP contribution in [0.15, 0.2) is 59.5 Å². The van der Waals surface area contributed by atoms with Gasteiger partial charge < -0.3 is 0 Å². The maximum atomic E-state index is 14.2. The van der Waals surface area contributed by atoms with Crippen molar-refractivity contribution in [3.8, 4) is 0 Å². The average Bonchev–Trinajstić information content (AvgIpc) is 2.55. The number of halogens is 1. The molecular weight excluding hydrogens is 325 g/mol. The highest BCUT2D eigenvalue weighted by molar-refractivity contribution is 7.89. The number of benzene rings is 2. The Kier molecular flexibility index (Phi) is 5.01. The lowest BCUT2D eigenvalue weighted by molar-refractivity contribution is 0.153. The molecule has 0 aromatic heterocycles. The Hall–Kier alpha value is -1.72. The van der Waals surface area contributed by atoms with Crippen LogP contribution in [0.4, 0.5) is 4.39 Å². The zero-order valence-electron chi connectivity index (χ0n) is 13.7. The fourth-order valence-corrected chi connectivity index (χ4v) is 4.79. The molecule has 1 saturated heterocycles. The molecule has 1 fully saturated rings. The van der Waals surface area contributed by atoms with Crippen molar-refractivity contribution in [1.82, 2.24) is 4.31 Å². The smallest absolute Gasteiger partial charge is 0.243 e. The van der Waals surface area contributed by atoms with Crippen LogP contribution in [0.5, 0.6) is 0 Å². The quantitative estimate of drug-likeness (QED) is 0.848. The Balaban J connectivity index is 1.78. The fraction of sp³-hybridized carbons (Fsp3) is 0.368. The highest BCUT2D eigenvalue weighted by atomic mass is 32.2. The maximum Gasteiger partial charge on any atom is 0.243 e. The molecule has 0 unspecified atom stereocenters. The van der Waals surface area contributed by atoms with Gasteiger partial charge in [-0.3, -0.25) is 0 Å². The van der Waals surface area contributed by atoms with Crippen molar-refractivity contribution in [1.29, 1.82) is 0 Å². The summed E-state index contributed by atoms with van der Waals surface area (Å²) in [7, 11) is -3.64. The lowest BCUT2D eigenvalue weighted by atomic mass is 9.91. The standard InChI is InChI=1S/C19H22FNO2S/c1-15-7-9-19(10-8-15)24(22,23)21-13-17(12-18(20)14-21)11-16-5-3-2-4-6-16/h2-10,17-18H,11-14H2,1H3/t17-,18+/m1/s1. The van der Waals surface area contributed by atoms with E-state index in [1.807, 2.05) is 37.3 Å². The third-order valence-electron chi connectivity index (χ3n) is 4.48. The van der Waals surface area contributed by atoms with E-state index in [0.717, 1.165) is 11.1 Å². The first kappa shape index (κ1) is 17.1. The van der Waals surface area contributed by atoms with E-state index in [2.05, 4.69) is 0 Å². The van der Waals surface area contributed by atoms with Crippen LogP contribution >= 0.6 is 0 Å². The number of alkyl halides is 1. The molecule has 0 amide bonds. The molecule has 0 N–H and O–H groups in total. The van der Waals surface area contributed by atoms with Gasteiger partial charge in [-0.05, 0) is 43.4 Å². The topological polar surface area (TPSA) is 37.4 Å². The number of piperidine rings is 1. The second kappa shape index (κ2) is 7.03. The molecular formula is C19H22FNO2S. The largest absolute Gasteiger partial charge is 0.246 e. The summed E-state index contributed by atoms with van der Waals surface area (Å²) in [5.74, 6) is -0.00336. The van der Waals surface area contributed by atoms with Crippen LogP contribution < -0.4 is 0 Å². The third kappa shape index (κ3) is 3.84. The van der Waals surface area contributed by atoms with Crippen LogP contribution in [-0.4, -0.2) is 32.0 Å². The Morgan fingerprint density at radius 2 is 1.71 bits per heavy atom. The maximum absolute atomic E-state index is 14.2. The van der Waals surface area contributed by atoms with E-state index in [9.17, 15) is 12.8 Å². The number of hydrogen-bond donors (Lipinski definition) is 0. The normalized spacial score (nSPS) is 22.4. The van der Waals surface area contributed by atoms with Gasteiger partial charge in [-0.25, -0.2) is 12.8 Å². The molecule has 2 atom stereocenters. The summed E-state index contributed by atoms with van der Waals surface area (Å²) in [6.07, 6.45) is -0.0108. The van der Waals surface area contributed by atoms with Gasteiger partial charge in [0.25, 0.3) is 0 Å². The number of rotatable bonds is 4. The minimum Gasteiger partial charge on any atom is -0.246 e. The molecule has 3 rings (SSSR count). The monoisotopic (exact) mass is 347 g/mol. The SMILES string of the molecule is Cc1ccc(S(=O)(=O)N2C[C@@H](F)C[C@@H](Cc3ccccc3)C2)cc1. The summed E-state index contributed by atoms with van der Waals surface area (Å²) < 4.78 is 41.1. The van der Waals surface area contributed by atoms with Crippen LogP contribution in [-0.2, 0) is 16.4 Å². The predicted molar refractivity (Wildman–Crippen MR) is 93.1 cm³/mol. The molecule has 0 saturated carbocycles. The Bertz CT molecular complexity index is 775. The van der Waals surface area contributed by atoms with E-state index in [1.165, 1.54) is 4.31 Å². The van der Waals surface area contributed by atoms with E-state index >= 15 is 0 Å². The third-order valence-corrected chi connectivity index (χ3v) is 6.32. The second-order valence-electron chi connectivity index (χ2n) is 6.52. The van der Waals surface area contributed by atoms with E-state index in [-0.39, 0.29) is 17.4 Å². The fourth-order valence-electron chi connectivity index (χ4n) is 3.25. The van der Waals surface area contributed by atoms with Crippen LogP contribution in [0.3, 0.4) is 0 Å². The summed E-state index contributed by atoms with van der Waals surface area (Å²) in [5, 5.41) is 0. The number of nitrogens with zero attached hydrogens (tertiary/aromatic N) is 1. The molecule has 0 bridgehead atoms. The molecule has 1 aliphatic heterocycles. The molecule has 2 aromatic carbocycles. The van der Waals surface area contributed by atoms with Gasteiger partial charge in [-0.2, -0.15) is 4.31 Å². The van der Waals surface area contributed by atoms with Gasteiger partial charge >= 0.3 is 0 Å². The Morgan fingerprint density at radius 1 is 1.04 bits per heavy atom. The van der Waals surface area contributed by atoms with Gasteiger partial charge in [0.05, 0.1) is 4.90 Å². The molecule has 3 nitrogen and oxygen atoms in total. The van der Waals surface area contributed by atoms with Crippen molar-refractivity contribution in [3.63, 3.8) is 0 Å². The summed E-state index contributed by atoms with van der Waals surface area (Å²) in [5.41, 5.74) is 2.11. The first-order chi connectivity index (χ1) is 11.4. The summed E-state index contributed by atoms with van der Waals surface area (Å²) in [6, 6.07) is 16.6. The van der Waals surface area contributed by atoms with Gasteiger partial charge in [-0.15, -0.1) is 0 Å². The van der Waals surface area contributed by atoms with E-state index in [0.29, 0.717) is 19.4 Å². The van der Waals surface area contributed by atoms with Crippen molar-refractivity contribution in [2.45, 2.75) is 30.8 Å². The van der Waals surface area contributed by atoms with Crippen LogP contribution in [0.1, 0.15) is 17.5 Å². The van der Waals surface area contributed by atoms with E-state index in [1.54, 1.807) is 24.3 Å². The molecule has 0 aliphatic carbocycles. The lowest BCUT2D eigenvalue weighted by Crippen LogP contribution is -2.45. The van der Waals surface area contributed by atoms with Crippen molar-refractivity contribution in [2.75, 3.05) is 13.1 Å². The molecule has 128 valence electrons. The first-order valence-corrected chi connectivity index (χ1v) is 9.64. The predicted octanol–water partition coefficient (Wildman–Crippen LogP) is 3.59.